The summed E-state index contributed by atoms with van der Waals surface area (Å²) in [6, 6.07) is 4.56. The summed E-state index contributed by atoms with van der Waals surface area (Å²) in [5.74, 6) is -0.586. The monoisotopic (exact) mass is 251 g/mol. The molecule has 0 aliphatic carbocycles. The summed E-state index contributed by atoms with van der Waals surface area (Å²) in [6.45, 7) is 3.43. The van der Waals surface area contributed by atoms with E-state index in [1.807, 2.05) is 11.8 Å². The maximum absolute atomic E-state index is 13.2. The molecule has 1 aromatic rings. The van der Waals surface area contributed by atoms with Crippen LogP contribution in [0.3, 0.4) is 0 Å². The molecule has 2 rings (SSSR count). The average molecular weight is 251 g/mol. The van der Waals surface area contributed by atoms with E-state index in [-0.39, 0.29) is 18.3 Å². The molecule has 1 heterocycles. The number of carbonyl (C=O) groups is 1. The van der Waals surface area contributed by atoms with Crippen molar-refractivity contribution in [2.45, 2.75) is 19.9 Å². The van der Waals surface area contributed by atoms with Gasteiger partial charge in [0.2, 0.25) is 5.91 Å². The molecule has 98 valence electrons. The standard InChI is InChI=1S/C13H18FN3O/c1-13(12(16)18)4-5-17(8-13)11-3-2-10(14)6-9(11)7-15/h2-3,6H,4-5,7-8,15H2,1H3,(H2,16,18). The Hall–Kier alpha value is -1.62. The van der Waals surface area contributed by atoms with E-state index in [9.17, 15) is 9.18 Å². The molecule has 1 saturated heterocycles. The van der Waals surface area contributed by atoms with Crippen LogP contribution in [0.5, 0.6) is 0 Å². The Morgan fingerprint density at radius 1 is 1.56 bits per heavy atom. The topological polar surface area (TPSA) is 72.4 Å². The van der Waals surface area contributed by atoms with Crippen molar-refractivity contribution in [1.29, 1.82) is 0 Å². The van der Waals surface area contributed by atoms with Crippen molar-refractivity contribution in [3.63, 3.8) is 0 Å². The molecule has 18 heavy (non-hydrogen) atoms. The fourth-order valence-corrected chi connectivity index (χ4v) is 2.39. The zero-order valence-corrected chi connectivity index (χ0v) is 10.4. The van der Waals surface area contributed by atoms with E-state index in [1.165, 1.54) is 12.1 Å². The van der Waals surface area contributed by atoms with E-state index in [2.05, 4.69) is 0 Å². The predicted octanol–water partition coefficient (Wildman–Crippen LogP) is 0.986. The number of nitrogens with two attached hydrogens (primary N) is 2. The SMILES string of the molecule is CC1(C(N)=O)CCN(c2ccc(F)cc2CN)C1. The van der Waals surface area contributed by atoms with Crippen LogP contribution < -0.4 is 16.4 Å². The van der Waals surface area contributed by atoms with Crippen LogP contribution >= 0.6 is 0 Å². The van der Waals surface area contributed by atoms with Gasteiger partial charge in [-0.25, -0.2) is 4.39 Å². The third kappa shape index (κ3) is 2.18. The van der Waals surface area contributed by atoms with Crippen LogP contribution in [0.1, 0.15) is 18.9 Å². The number of anilines is 1. The summed E-state index contributed by atoms with van der Waals surface area (Å²) in [5, 5.41) is 0. The molecule has 0 bridgehead atoms. The first-order valence-corrected chi connectivity index (χ1v) is 5.99. The van der Waals surface area contributed by atoms with Gasteiger partial charge in [0.15, 0.2) is 0 Å². The highest BCUT2D eigenvalue weighted by Crippen LogP contribution is 2.34. The average Bonchev–Trinajstić information content (AvgIpc) is 2.73. The Morgan fingerprint density at radius 3 is 2.83 bits per heavy atom. The lowest BCUT2D eigenvalue weighted by Crippen LogP contribution is -2.37. The number of hydrogen-bond acceptors (Lipinski definition) is 3. The molecule has 5 heteroatoms. The van der Waals surface area contributed by atoms with Gasteiger partial charge in [-0.1, -0.05) is 0 Å². The van der Waals surface area contributed by atoms with Crippen LogP contribution in [0.4, 0.5) is 10.1 Å². The largest absolute Gasteiger partial charge is 0.370 e. The van der Waals surface area contributed by atoms with Gasteiger partial charge in [-0.3, -0.25) is 4.79 Å². The van der Waals surface area contributed by atoms with Gasteiger partial charge in [-0.15, -0.1) is 0 Å². The van der Waals surface area contributed by atoms with Gasteiger partial charge in [0.25, 0.3) is 0 Å². The predicted molar refractivity (Wildman–Crippen MR) is 68.4 cm³/mol. The number of rotatable bonds is 3. The minimum absolute atomic E-state index is 0.275. The Morgan fingerprint density at radius 2 is 2.28 bits per heavy atom. The first-order chi connectivity index (χ1) is 8.46. The second-order valence-electron chi connectivity index (χ2n) is 5.07. The highest BCUT2D eigenvalue weighted by Gasteiger charge is 2.39. The smallest absolute Gasteiger partial charge is 0.225 e. The van der Waals surface area contributed by atoms with E-state index in [1.54, 1.807) is 6.07 Å². The third-order valence-electron chi connectivity index (χ3n) is 3.67. The Balaban J connectivity index is 2.27. The molecule has 1 aliphatic rings. The number of hydrogen-bond donors (Lipinski definition) is 2. The summed E-state index contributed by atoms with van der Waals surface area (Å²) < 4.78 is 13.2. The molecule has 4 N–H and O–H groups in total. The first kappa shape index (κ1) is 12.8. The molecule has 0 aromatic heterocycles. The number of amides is 1. The number of benzene rings is 1. The maximum Gasteiger partial charge on any atom is 0.225 e. The van der Waals surface area contributed by atoms with Crippen molar-refractivity contribution in [3.05, 3.63) is 29.6 Å². The molecule has 0 radical (unpaired) electrons. The van der Waals surface area contributed by atoms with Gasteiger partial charge in [0.1, 0.15) is 5.82 Å². The normalized spacial score (nSPS) is 23.4. The highest BCUT2D eigenvalue weighted by atomic mass is 19.1. The van der Waals surface area contributed by atoms with E-state index >= 15 is 0 Å². The van der Waals surface area contributed by atoms with Crippen molar-refractivity contribution in [1.82, 2.24) is 0 Å². The number of halogens is 1. The lowest BCUT2D eigenvalue weighted by Gasteiger charge is -2.24. The van der Waals surface area contributed by atoms with Crippen LogP contribution in [0, 0.1) is 11.2 Å². The number of nitrogens with zero attached hydrogens (tertiary/aromatic N) is 1. The van der Waals surface area contributed by atoms with Crippen LogP contribution in [-0.4, -0.2) is 19.0 Å². The van der Waals surface area contributed by atoms with Crippen LogP contribution in [0.15, 0.2) is 18.2 Å². The molecule has 1 aromatic carbocycles. The van der Waals surface area contributed by atoms with Gasteiger partial charge in [-0.2, -0.15) is 0 Å². The van der Waals surface area contributed by atoms with Crippen LogP contribution in [0.25, 0.3) is 0 Å². The molecule has 0 saturated carbocycles. The van der Waals surface area contributed by atoms with Gasteiger partial charge < -0.3 is 16.4 Å². The van der Waals surface area contributed by atoms with Crippen molar-refractivity contribution < 1.29 is 9.18 Å². The summed E-state index contributed by atoms with van der Waals surface area (Å²) in [6.07, 6.45) is 0.712. The van der Waals surface area contributed by atoms with Crippen molar-refractivity contribution >= 4 is 11.6 Å². The minimum atomic E-state index is -0.514. The Kier molecular flexibility index (Phi) is 3.26. The first-order valence-electron chi connectivity index (χ1n) is 5.99. The van der Waals surface area contributed by atoms with E-state index in [0.29, 0.717) is 13.0 Å². The second kappa shape index (κ2) is 4.57. The quantitative estimate of drug-likeness (QED) is 0.841. The Bertz CT molecular complexity index is 477. The molecule has 1 amide bonds. The molecule has 4 nitrogen and oxygen atoms in total. The lowest BCUT2D eigenvalue weighted by molar-refractivity contribution is -0.125. The molecule has 1 aliphatic heterocycles. The molecule has 0 spiro atoms. The summed E-state index contributed by atoms with van der Waals surface area (Å²) >= 11 is 0. The summed E-state index contributed by atoms with van der Waals surface area (Å²) in [5.41, 5.74) is 12.2. The molecule has 1 fully saturated rings. The van der Waals surface area contributed by atoms with Crippen LogP contribution in [0.2, 0.25) is 0 Å². The second-order valence-corrected chi connectivity index (χ2v) is 5.07. The van der Waals surface area contributed by atoms with Gasteiger partial charge in [0, 0.05) is 25.3 Å². The van der Waals surface area contributed by atoms with E-state index < -0.39 is 5.41 Å². The van der Waals surface area contributed by atoms with Crippen LogP contribution in [-0.2, 0) is 11.3 Å². The van der Waals surface area contributed by atoms with Crippen molar-refractivity contribution in [3.8, 4) is 0 Å². The molecular formula is C13H18FN3O. The van der Waals surface area contributed by atoms with Crippen molar-refractivity contribution in [2.75, 3.05) is 18.0 Å². The summed E-state index contributed by atoms with van der Waals surface area (Å²) in [4.78, 5) is 13.5. The minimum Gasteiger partial charge on any atom is -0.370 e. The zero-order valence-electron chi connectivity index (χ0n) is 10.4. The molecule has 1 atom stereocenters. The summed E-state index contributed by atoms with van der Waals surface area (Å²) in [7, 11) is 0. The number of carbonyl (C=O) groups excluding carboxylic acids is 1. The number of primary amides is 1. The fraction of sp³-hybridized carbons (Fsp3) is 0.462. The highest BCUT2D eigenvalue weighted by molar-refractivity contribution is 5.82. The third-order valence-corrected chi connectivity index (χ3v) is 3.67. The van der Waals surface area contributed by atoms with E-state index in [4.69, 9.17) is 11.5 Å². The van der Waals surface area contributed by atoms with Gasteiger partial charge >= 0.3 is 0 Å². The zero-order chi connectivity index (χ0) is 13.3. The van der Waals surface area contributed by atoms with Gasteiger partial charge in [0.05, 0.1) is 5.41 Å². The van der Waals surface area contributed by atoms with Gasteiger partial charge in [-0.05, 0) is 37.1 Å². The molecule has 1 unspecified atom stereocenters. The maximum atomic E-state index is 13.2. The fourth-order valence-electron chi connectivity index (χ4n) is 2.39. The molecular weight excluding hydrogens is 233 g/mol. The Labute approximate surface area is 106 Å². The van der Waals surface area contributed by atoms with E-state index in [0.717, 1.165) is 17.8 Å². The van der Waals surface area contributed by atoms with Crippen molar-refractivity contribution in [2.24, 2.45) is 16.9 Å². The lowest BCUT2D eigenvalue weighted by atomic mass is 9.89.